The number of nitrogens with zero attached hydrogens (tertiary/aromatic N) is 4. The number of tetrazole rings is 1. The number of aryl methyl sites for hydroxylation is 2. The summed E-state index contributed by atoms with van der Waals surface area (Å²) < 4.78 is 14.4. The second kappa shape index (κ2) is 10.8. The Balaban J connectivity index is 1.26. The summed E-state index contributed by atoms with van der Waals surface area (Å²) in [6, 6.07) is 14.3. The molecule has 0 fully saturated rings. The fraction of sp³-hybridized carbons (Fsp3) is 0.400. The molecule has 7 heteroatoms. The average molecular weight is 434 g/mol. The third-order valence-corrected chi connectivity index (χ3v) is 5.51. The van der Waals surface area contributed by atoms with Gasteiger partial charge >= 0.3 is 0 Å². The molecule has 2 aromatic carbocycles. The van der Waals surface area contributed by atoms with Crippen LogP contribution in [0.4, 0.5) is 0 Å². The topological polar surface area (TPSA) is 77.8 Å². The van der Waals surface area contributed by atoms with Gasteiger partial charge in [-0.05, 0) is 73.4 Å². The highest BCUT2D eigenvalue weighted by Crippen LogP contribution is 2.30. The maximum absolute atomic E-state index is 6.19. The van der Waals surface area contributed by atoms with E-state index >= 15 is 0 Å². The van der Waals surface area contributed by atoms with Crippen molar-refractivity contribution in [3.05, 3.63) is 54.2 Å². The van der Waals surface area contributed by atoms with E-state index in [4.69, 9.17) is 9.47 Å². The number of hydrogen-bond donors (Lipinski definition) is 1. The Kier molecular flexibility index (Phi) is 7.38. The molecule has 0 aliphatic carbocycles. The number of benzene rings is 2. The molecule has 0 radical (unpaired) electrons. The molecule has 2 aromatic heterocycles. The van der Waals surface area contributed by atoms with Gasteiger partial charge in [0, 0.05) is 34.8 Å². The summed E-state index contributed by atoms with van der Waals surface area (Å²) in [5.74, 6) is 2.44. The molecule has 0 unspecified atom stereocenters. The first-order valence-electron chi connectivity index (χ1n) is 11.5. The minimum atomic E-state index is 0.580. The van der Waals surface area contributed by atoms with Crippen LogP contribution in [0.3, 0.4) is 0 Å². The van der Waals surface area contributed by atoms with Crippen LogP contribution >= 0.6 is 0 Å². The second-order valence-corrected chi connectivity index (χ2v) is 7.90. The van der Waals surface area contributed by atoms with Crippen LogP contribution in [0.25, 0.3) is 22.3 Å². The highest BCUT2D eigenvalue weighted by Gasteiger charge is 2.11. The van der Waals surface area contributed by atoms with Gasteiger partial charge in [0.05, 0.1) is 13.2 Å². The highest BCUT2D eigenvalue weighted by atomic mass is 16.5. The molecule has 0 atom stereocenters. The Morgan fingerprint density at radius 2 is 1.72 bits per heavy atom. The van der Waals surface area contributed by atoms with Crippen LogP contribution < -0.4 is 9.47 Å². The predicted octanol–water partition coefficient (Wildman–Crippen LogP) is 5.42. The van der Waals surface area contributed by atoms with Crippen molar-refractivity contribution in [2.75, 3.05) is 13.2 Å². The standard InChI is InChI=1S/C25H31N5O2/c1-3-7-22-21-14-16-30(15-4-2)23(21)12-13-24(22)32-18-6-5-17-31-20-10-8-19(9-11-20)25-26-28-29-27-25/h8-14,16H,3-7,15,17-18H2,1-2H3,(H,26,27,28,29). The number of unbranched alkanes of at least 4 members (excludes halogenated alkanes) is 1. The van der Waals surface area contributed by atoms with Gasteiger partial charge in [0.15, 0.2) is 0 Å². The van der Waals surface area contributed by atoms with Crippen molar-refractivity contribution in [3.63, 3.8) is 0 Å². The third kappa shape index (κ3) is 5.10. The third-order valence-electron chi connectivity index (χ3n) is 5.51. The summed E-state index contributed by atoms with van der Waals surface area (Å²) in [5, 5.41) is 15.3. The number of H-pyrrole nitrogens is 1. The van der Waals surface area contributed by atoms with Gasteiger partial charge in [-0.25, -0.2) is 0 Å². The van der Waals surface area contributed by atoms with Crippen molar-refractivity contribution in [3.8, 4) is 22.9 Å². The molecule has 4 rings (SSSR count). The zero-order valence-electron chi connectivity index (χ0n) is 18.9. The first-order chi connectivity index (χ1) is 15.8. The van der Waals surface area contributed by atoms with Gasteiger partial charge in [-0.1, -0.05) is 20.3 Å². The largest absolute Gasteiger partial charge is 0.494 e. The van der Waals surface area contributed by atoms with E-state index in [1.54, 1.807) is 0 Å². The fourth-order valence-corrected chi connectivity index (χ4v) is 3.95. The molecule has 32 heavy (non-hydrogen) atoms. The van der Waals surface area contributed by atoms with Crippen molar-refractivity contribution < 1.29 is 9.47 Å². The lowest BCUT2D eigenvalue weighted by atomic mass is 10.0. The molecule has 7 nitrogen and oxygen atoms in total. The molecule has 2 heterocycles. The van der Waals surface area contributed by atoms with E-state index in [0.29, 0.717) is 19.0 Å². The smallest absolute Gasteiger partial charge is 0.204 e. The Morgan fingerprint density at radius 1 is 0.906 bits per heavy atom. The number of ether oxygens (including phenoxy) is 2. The minimum Gasteiger partial charge on any atom is -0.494 e. The number of rotatable bonds is 12. The Bertz CT molecular complexity index is 1100. The Labute approximate surface area is 188 Å². The lowest BCUT2D eigenvalue weighted by Gasteiger charge is -2.14. The van der Waals surface area contributed by atoms with Crippen molar-refractivity contribution in [1.29, 1.82) is 0 Å². The lowest BCUT2D eigenvalue weighted by Crippen LogP contribution is -2.04. The normalized spacial score (nSPS) is 11.2. The highest BCUT2D eigenvalue weighted by molar-refractivity contribution is 5.86. The van der Waals surface area contributed by atoms with E-state index in [2.05, 4.69) is 63.4 Å². The molecule has 4 aromatic rings. The summed E-state index contributed by atoms with van der Waals surface area (Å²) in [6.45, 7) is 6.84. The molecule has 0 spiro atoms. The van der Waals surface area contributed by atoms with Crippen LogP contribution in [0.1, 0.15) is 45.1 Å². The summed E-state index contributed by atoms with van der Waals surface area (Å²) in [7, 11) is 0. The molecule has 168 valence electrons. The minimum absolute atomic E-state index is 0.580. The van der Waals surface area contributed by atoms with Gasteiger partial charge in [-0.15, -0.1) is 10.2 Å². The maximum Gasteiger partial charge on any atom is 0.204 e. The van der Waals surface area contributed by atoms with E-state index in [9.17, 15) is 0 Å². The van der Waals surface area contributed by atoms with E-state index in [1.165, 1.54) is 16.5 Å². The summed E-state index contributed by atoms with van der Waals surface area (Å²) in [5.41, 5.74) is 3.54. The predicted molar refractivity (Wildman–Crippen MR) is 126 cm³/mol. The van der Waals surface area contributed by atoms with Crippen LogP contribution in [-0.2, 0) is 13.0 Å². The lowest BCUT2D eigenvalue weighted by molar-refractivity contribution is 0.265. The number of fused-ring (bicyclic) bond motifs is 1. The summed E-state index contributed by atoms with van der Waals surface area (Å²) in [6.07, 6.45) is 7.35. The van der Waals surface area contributed by atoms with E-state index in [0.717, 1.165) is 55.7 Å². The van der Waals surface area contributed by atoms with Crippen molar-refractivity contribution in [2.45, 2.75) is 52.5 Å². The van der Waals surface area contributed by atoms with Crippen LogP contribution in [0, 0.1) is 0 Å². The average Bonchev–Trinajstić information content (AvgIpc) is 3.49. The Hall–Kier alpha value is -3.35. The van der Waals surface area contributed by atoms with E-state index < -0.39 is 0 Å². The number of hydrogen-bond acceptors (Lipinski definition) is 5. The van der Waals surface area contributed by atoms with Gasteiger partial charge in [-0.2, -0.15) is 5.21 Å². The zero-order valence-corrected chi connectivity index (χ0v) is 18.9. The van der Waals surface area contributed by atoms with Gasteiger partial charge in [0.2, 0.25) is 5.82 Å². The van der Waals surface area contributed by atoms with Crippen LogP contribution in [0.2, 0.25) is 0 Å². The molecule has 0 aliphatic rings. The van der Waals surface area contributed by atoms with Gasteiger partial charge in [-0.3, -0.25) is 0 Å². The molecular weight excluding hydrogens is 402 g/mol. The molecule has 1 N–H and O–H groups in total. The molecular formula is C25H31N5O2. The first kappa shape index (κ1) is 21.9. The molecule has 0 aliphatic heterocycles. The number of nitrogens with one attached hydrogen (secondary N) is 1. The summed E-state index contributed by atoms with van der Waals surface area (Å²) in [4.78, 5) is 0. The molecule has 0 saturated carbocycles. The fourth-order valence-electron chi connectivity index (χ4n) is 3.95. The number of aromatic amines is 1. The number of aromatic nitrogens is 5. The van der Waals surface area contributed by atoms with Gasteiger partial charge in [0.1, 0.15) is 11.5 Å². The quantitative estimate of drug-likeness (QED) is 0.302. The monoisotopic (exact) mass is 433 g/mol. The van der Waals surface area contributed by atoms with Crippen LogP contribution in [-0.4, -0.2) is 38.4 Å². The van der Waals surface area contributed by atoms with Crippen LogP contribution in [0.5, 0.6) is 11.5 Å². The maximum atomic E-state index is 6.19. The van der Waals surface area contributed by atoms with E-state index in [-0.39, 0.29) is 0 Å². The van der Waals surface area contributed by atoms with Gasteiger partial charge < -0.3 is 14.0 Å². The van der Waals surface area contributed by atoms with Crippen molar-refractivity contribution in [2.24, 2.45) is 0 Å². The van der Waals surface area contributed by atoms with Crippen LogP contribution in [0.15, 0.2) is 48.7 Å². The first-order valence-corrected chi connectivity index (χ1v) is 11.5. The van der Waals surface area contributed by atoms with E-state index in [1.807, 2.05) is 24.3 Å². The molecule has 0 bridgehead atoms. The Morgan fingerprint density at radius 3 is 2.44 bits per heavy atom. The van der Waals surface area contributed by atoms with Crippen molar-refractivity contribution in [1.82, 2.24) is 25.2 Å². The molecule has 0 amide bonds. The second-order valence-electron chi connectivity index (χ2n) is 7.90. The summed E-state index contributed by atoms with van der Waals surface area (Å²) >= 11 is 0. The van der Waals surface area contributed by atoms with Crippen molar-refractivity contribution >= 4 is 10.9 Å². The zero-order chi connectivity index (χ0) is 22.2. The molecule has 0 saturated heterocycles. The van der Waals surface area contributed by atoms with Gasteiger partial charge in [0.25, 0.3) is 0 Å². The SMILES string of the molecule is CCCc1c(OCCCCOc2ccc(-c3nn[nH]n3)cc2)ccc2c1ccn2CCC.